The highest BCUT2D eigenvalue weighted by molar-refractivity contribution is 5.31. The van der Waals surface area contributed by atoms with Gasteiger partial charge in [0, 0.05) is 12.1 Å². The summed E-state index contributed by atoms with van der Waals surface area (Å²) in [5.74, 6) is 0.369. The number of rotatable bonds is 5. The molecule has 2 saturated carbocycles. The summed E-state index contributed by atoms with van der Waals surface area (Å²) in [7, 11) is 1.48. The highest BCUT2D eigenvalue weighted by Crippen LogP contribution is 2.40. The number of nitrogens with one attached hydrogen (secondary N) is 1. The van der Waals surface area contributed by atoms with Crippen molar-refractivity contribution in [1.82, 2.24) is 5.32 Å². The summed E-state index contributed by atoms with van der Waals surface area (Å²) in [5, 5.41) is 13.3. The van der Waals surface area contributed by atoms with Crippen LogP contribution in [0.2, 0.25) is 0 Å². The molecule has 21 heavy (non-hydrogen) atoms. The van der Waals surface area contributed by atoms with E-state index in [-0.39, 0.29) is 23.7 Å². The lowest BCUT2D eigenvalue weighted by atomic mass is 9.74. The van der Waals surface area contributed by atoms with E-state index in [1.807, 2.05) is 6.07 Å². The summed E-state index contributed by atoms with van der Waals surface area (Å²) < 4.78 is 19.0. The summed E-state index contributed by atoms with van der Waals surface area (Å²) in [6.07, 6.45) is 6.36. The van der Waals surface area contributed by atoms with Crippen LogP contribution in [0.1, 0.15) is 50.1 Å². The average molecular weight is 293 g/mol. The molecule has 1 aromatic rings. The molecule has 0 saturated heterocycles. The second kappa shape index (κ2) is 6.32. The minimum absolute atomic E-state index is 0.136. The van der Waals surface area contributed by atoms with Crippen molar-refractivity contribution in [3.63, 3.8) is 0 Å². The zero-order valence-electron chi connectivity index (χ0n) is 12.5. The first-order valence-electron chi connectivity index (χ1n) is 7.95. The van der Waals surface area contributed by atoms with Gasteiger partial charge in [-0.25, -0.2) is 4.39 Å². The molecule has 0 aliphatic heterocycles. The van der Waals surface area contributed by atoms with Crippen molar-refractivity contribution in [3.05, 3.63) is 29.6 Å². The monoisotopic (exact) mass is 293 g/mol. The van der Waals surface area contributed by atoms with E-state index in [1.165, 1.54) is 32.8 Å². The Hall–Kier alpha value is -1.13. The highest BCUT2D eigenvalue weighted by atomic mass is 19.1. The molecule has 2 N–H and O–H groups in total. The van der Waals surface area contributed by atoms with Crippen molar-refractivity contribution >= 4 is 0 Å². The van der Waals surface area contributed by atoms with Crippen LogP contribution in [-0.4, -0.2) is 24.4 Å². The second-order valence-electron chi connectivity index (χ2n) is 6.41. The minimum atomic E-state index is -0.312. The van der Waals surface area contributed by atoms with Crippen molar-refractivity contribution in [2.75, 3.05) is 7.11 Å². The van der Waals surface area contributed by atoms with E-state index in [0.717, 1.165) is 18.4 Å². The Morgan fingerprint density at radius 2 is 2.00 bits per heavy atom. The number of hydrogen-bond donors (Lipinski definition) is 2. The van der Waals surface area contributed by atoms with Crippen molar-refractivity contribution in [2.45, 2.75) is 56.7 Å². The number of aliphatic hydroxyl groups is 1. The van der Waals surface area contributed by atoms with E-state index in [2.05, 4.69) is 5.32 Å². The number of halogens is 1. The molecule has 116 valence electrons. The molecule has 0 heterocycles. The Balaban J connectivity index is 1.78. The molecular weight excluding hydrogens is 269 g/mol. The normalized spacial score (nSPS) is 27.4. The minimum Gasteiger partial charge on any atom is -0.494 e. The standard InChI is InChI=1S/C17H24FNO2/c1-21-16-7-6-11(10-15(16)18)17(12-8-14(20)9-12)19-13-4-2-3-5-13/h6-7,10,12-14,17,19-20H,2-5,8-9H2,1H3/t12?,14?,17-/m1/s1. The molecule has 4 heteroatoms. The van der Waals surface area contributed by atoms with Crippen LogP contribution in [-0.2, 0) is 0 Å². The maximum absolute atomic E-state index is 14.0. The number of ether oxygens (including phenoxy) is 1. The third-order valence-electron chi connectivity index (χ3n) is 4.93. The molecule has 3 rings (SSSR count). The molecule has 1 atom stereocenters. The lowest BCUT2D eigenvalue weighted by Gasteiger charge is -2.39. The fraction of sp³-hybridized carbons (Fsp3) is 0.647. The molecule has 0 spiro atoms. The zero-order valence-corrected chi connectivity index (χ0v) is 12.5. The van der Waals surface area contributed by atoms with Gasteiger partial charge in [-0.3, -0.25) is 0 Å². The molecule has 2 aliphatic carbocycles. The predicted molar refractivity (Wildman–Crippen MR) is 79.8 cm³/mol. The van der Waals surface area contributed by atoms with Gasteiger partial charge in [0.25, 0.3) is 0 Å². The van der Waals surface area contributed by atoms with Crippen LogP contribution in [0, 0.1) is 11.7 Å². The summed E-state index contributed by atoms with van der Waals surface area (Å²) >= 11 is 0. The third kappa shape index (κ3) is 3.22. The van der Waals surface area contributed by atoms with Crippen LogP contribution in [0.3, 0.4) is 0 Å². The van der Waals surface area contributed by atoms with Gasteiger partial charge in [0.1, 0.15) is 0 Å². The number of hydrogen-bond acceptors (Lipinski definition) is 3. The predicted octanol–water partition coefficient (Wildman–Crippen LogP) is 3.18. The molecule has 3 nitrogen and oxygen atoms in total. The molecule has 0 amide bonds. The van der Waals surface area contributed by atoms with Gasteiger partial charge in [-0.2, -0.15) is 0 Å². The zero-order chi connectivity index (χ0) is 14.8. The van der Waals surface area contributed by atoms with Gasteiger partial charge in [0.15, 0.2) is 11.6 Å². The molecular formula is C17H24FNO2. The van der Waals surface area contributed by atoms with Crippen molar-refractivity contribution < 1.29 is 14.2 Å². The van der Waals surface area contributed by atoms with Crippen molar-refractivity contribution in [3.8, 4) is 5.75 Å². The molecule has 0 bridgehead atoms. The van der Waals surface area contributed by atoms with E-state index in [1.54, 1.807) is 12.1 Å². The number of methoxy groups -OCH3 is 1. The molecule has 1 aromatic carbocycles. The van der Waals surface area contributed by atoms with Gasteiger partial charge in [-0.15, -0.1) is 0 Å². The van der Waals surface area contributed by atoms with Crippen LogP contribution in [0.4, 0.5) is 4.39 Å². The van der Waals surface area contributed by atoms with Crippen LogP contribution in [0.25, 0.3) is 0 Å². The van der Waals surface area contributed by atoms with E-state index >= 15 is 0 Å². The first-order chi connectivity index (χ1) is 10.2. The van der Waals surface area contributed by atoms with Crippen LogP contribution in [0.5, 0.6) is 5.75 Å². The van der Waals surface area contributed by atoms with Gasteiger partial charge in [-0.1, -0.05) is 18.9 Å². The molecule has 0 radical (unpaired) electrons. The Bertz CT molecular complexity index is 482. The van der Waals surface area contributed by atoms with E-state index in [4.69, 9.17) is 4.74 Å². The average Bonchev–Trinajstić information content (AvgIpc) is 2.94. The third-order valence-corrected chi connectivity index (χ3v) is 4.93. The fourth-order valence-electron chi connectivity index (χ4n) is 3.63. The van der Waals surface area contributed by atoms with Crippen LogP contribution < -0.4 is 10.1 Å². The van der Waals surface area contributed by atoms with Crippen LogP contribution >= 0.6 is 0 Å². The second-order valence-corrected chi connectivity index (χ2v) is 6.41. The van der Waals surface area contributed by atoms with Gasteiger partial charge in [0.05, 0.1) is 13.2 Å². The lowest BCUT2D eigenvalue weighted by molar-refractivity contribution is 0.0219. The Morgan fingerprint density at radius 3 is 2.57 bits per heavy atom. The Labute approximate surface area is 125 Å². The SMILES string of the molecule is COc1ccc([C@@H](NC2CCCC2)C2CC(O)C2)cc1F. The van der Waals surface area contributed by atoms with Gasteiger partial charge >= 0.3 is 0 Å². The molecule has 0 aromatic heterocycles. The maximum atomic E-state index is 14.0. The van der Waals surface area contributed by atoms with E-state index < -0.39 is 0 Å². The van der Waals surface area contributed by atoms with E-state index in [0.29, 0.717) is 12.0 Å². The first-order valence-corrected chi connectivity index (χ1v) is 7.95. The summed E-state index contributed by atoms with van der Waals surface area (Å²) in [6, 6.07) is 5.88. The number of aliphatic hydroxyl groups excluding tert-OH is 1. The molecule has 0 unspecified atom stereocenters. The fourth-order valence-corrected chi connectivity index (χ4v) is 3.63. The smallest absolute Gasteiger partial charge is 0.165 e. The van der Waals surface area contributed by atoms with E-state index in [9.17, 15) is 9.50 Å². The van der Waals surface area contributed by atoms with Gasteiger partial charge < -0.3 is 15.2 Å². The van der Waals surface area contributed by atoms with Gasteiger partial charge in [0.2, 0.25) is 0 Å². The first kappa shape index (κ1) is 14.8. The molecule has 2 fully saturated rings. The summed E-state index contributed by atoms with van der Waals surface area (Å²) in [6.45, 7) is 0. The topological polar surface area (TPSA) is 41.5 Å². The maximum Gasteiger partial charge on any atom is 0.165 e. The summed E-state index contributed by atoms with van der Waals surface area (Å²) in [5.41, 5.74) is 0.970. The largest absolute Gasteiger partial charge is 0.494 e. The number of benzene rings is 1. The van der Waals surface area contributed by atoms with Crippen molar-refractivity contribution in [1.29, 1.82) is 0 Å². The quantitative estimate of drug-likeness (QED) is 0.876. The lowest BCUT2D eigenvalue weighted by Crippen LogP contribution is -2.42. The molecule has 2 aliphatic rings. The van der Waals surface area contributed by atoms with Crippen molar-refractivity contribution in [2.24, 2.45) is 5.92 Å². The Morgan fingerprint density at radius 1 is 1.29 bits per heavy atom. The van der Waals surface area contributed by atoms with Gasteiger partial charge in [-0.05, 0) is 49.3 Å². The van der Waals surface area contributed by atoms with Crippen LogP contribution in [0.15, 0.2) is 18.2 Å². The Kier molecular flexibility index (Phi) is 4.45. The summed E-state index contributed by atoms with van der Waals surface area (Å²) in [4.78, 5) is 0. The highest BCUT2D eigenvalue weighted by Gasteiger charge is 2.36.